The number of rotatable bonds is 1. The SMILES string of the molecule is CN1CC[C@H](c2ccc3cn[nH]c3c2)[C@H](F)C1. The second-order valence-electron chi connectivity index (χ2n) is 4.89. The summed E-state index contributed by atoms with van der Waals surface area (Å²) in [5.74, 6) is 0.0268. The van der Waals surface area contributed by atoms with Crippen LogP contribution in [-0.2, 0) is 0 Å². The molecule has 17 heavy (non-hydrogen) atoms. The molecule has 90 valence electrons. The average Bonchev–Trinajstić information content (AvgIpc) is 2.75. The Morgan fingerprint density at radius 1 is 1.47 bits per heavy atom. The van der Waals surface area contributed by atoms with Crippen LogP contribution in [0.25, 0.3) is 10.9 Å². The molecule has 0 radical (unpaired) electrons. The van der Waals surface area contributed by atoms with Crippen molar-refractivity contribution in [3.63, 3.8) is 0 Å². The van der Waals surface area contributed by atoms with Gasteiger partial charge >= 0.3 is 0 Å². The third-order valence-electron chi connectivity index (χ3n) is 3.64. The fourth-order valence-corrected chi connectivity index (χ4v) is 2.62. The van der Waals surface area contributed by atoms with E-state index < -0.39 is 6.17 Å². The predicted octanol–water partition coefficient (Wildman–Crippen LogP) is 2.32. The van der Waals surface area contributed by atoms with Crippen LogP contribution in [0.15, 0.2) is 24.4 Å². The van der Waals surface area contributed by atoms with E-state index >= 15 is 0 Å². The number of H-pyrrole nitrogens is 1. The number of fused-ring (bicyclic) bond motifs is 1. The van der Waals surface area contributed by atoms with E-state index in [1.165, 1.54) is 0 Å². The molecular formula is C13H16FN3. The van der Waals surface area contributed by atoms with Gasteiger partial charge in [-0.25, -0.2) is 4.39 Å². The summed E-state index contributed by atoms with van der Waals surface area (Å²) < 4.78 is 14.0. The molecule has 1 N–H and O–H groups in total. The predicted molar refractivity (Wildman–Crippen MR) is 65.8 cm³/mol. The van der Waals surface area contributed by atoms with Crippen LogP contribution in [0.2, 0.25) is 0 Å². The molecule has 4 heteroatoms. The number of alkyl halides is 1. The van der Waals surface area contributed by atoms with Crippen molar-refractivity contribution in [1.29, 1.82) is 0 Å². The molecule has 3 nitrogen and oxygen atoms in total. The molecule has 3 rings (SSSR count). The van der Waals surface area contributed by atoms with Gasteiger partial charge in [-0.05, 0) is 31.6 Å². The summed E-state index contributed by atoms with van der Waals surface area (Å²) in [5, 5.41) is 8.01. The smallest absolute Gasteiger partial charge is 0.120 e. The number of piperidine rings is 1. The van der Waals surface area contributed by atoms with Gasteiger partial charge < -0.3 is 4.90 Å². The highest BCUT2D eigenvalue weighted by Gasteiger charge is 2.28. The number of halogens is 1. The lowest BCUT2D eigenvalue weighted by Gasteiger charge is -2.32. The molecule has 0 bridgehead atoms. The Kier molecular flexibility index (Phi) is 2.59. The first-order valence-electron chi connectivity index (χ1n) is 5.99. The minimum absolute atomic E-state index is 0.0268. The zero-order valence-electron chi connectivity index (χ0n) is 9.86. The van der Waals surface area contributed by atoms with E-state index in [1.807, 2.05) is 25.2 Å². The first-order chi connectivity index (χ1) is 8.24. The Hall–Kier alpha value is -1.42. The Morgan fingerprint density at radius 3 is 3.18 bits per heavy atom. The third kappa shape index (κ3) is 1.93. The van der Waals surface area contributed by atoms with Crippen LogP contribution in [0, 0.1) is 0 Å². The molecule has 2 atom stereocenters. The molecule has 1 aliphatic rings. The van der Waals surface area contributed by atoms with Crippen LogP contribution in [0.1, 0.15) is 17.9 Å². The third-order valence-corrected chi connectivity index (χ3v) is 3.64. The van der Waals surface area contributed by atoms with Crippen molar-refractivity contribution in [3.05, 3.63) is 30.0 Å². The van der Waals surface area contributed by atoms with Gasteiger partial charge in [-0.2, -0.15) is 5.10 Å². The molecule has 1 aromatic heterocycles. The Bertz CT molecular complexity index is 522. The van der Waals surface area contributed by atoms with E-state index in [2.05, 4.69) is 15.1 Å². The molecule has 0 spiro atoms. The van der Waals surface area contributed by atoms with Crippen molar-refractivity contribution < 1.29 is 4.39 Å². The summed E-state index contributed by atoms with van der Waals surface area (Å²) in [6.45, 7) is 1.50. The van der Waals surface area contributed by atoms with Crippen LogP contribution in [0.3, 0.4) is 0 Å². The topological polar surface area (TPSA) is 31.9 Å². The van der Waals surface area contributed by atoms with E-state index in [1.54, 1.807) is 6.20 Å². The fourth-order valence-electron chi connectivity index (χ4n) is 2.62. The van der Waals surface area contributed by atoms with Gasteiger partial charge in [-0.3, -0.25) is 5.10 Å². The van der Waals surface area contributed by atoms with E-state index in [0.29, 0.717) is 6.54 Å². The van der Waals surface area contributed by atoms with Gasteiger partial charge in [0, 0.05) is 17.8 Å². The van der Waals surface area contributed by atoms with E-state index in [-0.39, 0.29) is 5.92 Å². The lowest BCUT2D eigenvalue weighted by atomic mass is 9.88. The number of likely N-dealkylation sites (tertiary alicyclic amines) is 1. The number of benzene rings is 1. The highest BCUT2D eigenvalue weighted by Crippen LogP contribution is 2.31. The van der Waals surface area contributed by atoms with Gasteiger partial charge in [0.05, 0.1) is 11.7 Å². The molecule has 1 saturated heterocycles. The van der Waals surface area contributed by atoms with E-state index in [4.69, 9.17) is 0 Å². The largest absolute Gasteiger partial charge is 0.303 e. The second kappa shape index (κ2) is 4.11. The van der Waals surface area contributed by atoms with E-state index in [0.717, 1.165) is 29.4 Å². The molecule has 0 aliphatic carbocycles. The number of nitrogens with one attached hydrogen (secondary N) is 1. The molecule has 2 heterocycles. The molecule has 0 saturated carbocycles. The molecule has 2 aromatic rings. The highest BCUT2D eigenvalue weighted by atomic mass is 19.1. The summed E-state index contributed by atoms with van der Waals surface area (Å²) in [6.07, 6.45) is 1.91. The number of aromatic amines is 1. The highest BCUT2D eigenvalue weighted by molar-refractivity contribution is 5.78. The van der Waals surface area contributed by atoms with Crippen LogP contribution in [0.4, 0.5) is 4.39 Å². The Balaban J connectivity index is 1.92. The van der Waals surface area contributed by atoms with Gasteiger partial charge in [0.25, 0.3) is 0 Å². The Morgan fingerprint density at radius 2 is 2.35 bits per heavy atom. The van der Waals surface area contributed by atoms with Gasteiger partial charge in [-0.1, -0.05) is 12.1 Å². The minimum atomic E-state index is -0.769. The van der Waals surface area contributed by atoms with Crippen molar-refractivity contribution in [2.45, 2.75) is 18.5 Å². The summed E-state index contributed by atoms with van der Waals surface area (Å²) in [5.41, 5.74) is 2.08. The van der Waals surface area contributed by atoms with Crippen LogP contribution >= 0.6 is 0 Å². The first-order valence-corrected chi connectivity index (χ1v) is 5.99. The van der Waals surface area contributed by atoms with Crippen LogP contribution in [-0.4, -0.2) is 41.4 Å². The van der Waals surface area contributed by atoms with Crippen molar-refractivity contribution in [2.24, 2.45) is 0 Å². The lowest BCUT2D eigenvalue weighted by molar-refractivity contribution is 0.139. The summed E-state index contributed by atoms with van der Waals surface area (Å²) in [4.78, 5) is 2.05. The maximum absolute atomic E-state index is 14.0. The molecule has 1 aromatic carbocycles. The molecule has 1 fully saturated rings. The average molecular weight is 233 g/mol. The monoisotopic (exact) mass is 233 g/mol. The number of nitrogens with zero attached hydrogens (tertiary/aromatic N) is 2. The van der Waals surface area contributed by atoms with Crippen molar-refractivity contribution in [2.75, 3.05) is 20.1 Å². The second-order valence-corrected chi connectivity index (χ2v) is 4.89. The van der Waals surface area contributed by atoms with Gasteiger partial charge in [0.1, 0.15) is 6.17 Å². The molecule has 1 aliphatic heterocycles. The Labute approximate surface area is 99.6 Å². The van der Waals surface area contributed by atoms with Crippen molar-refractivity contribution in [3.8, 4) is 0 Å². The number of hydrogen-bond acceptors (Lipinski definition) is 2. The first kappa shape index (κ1) is 10.7. The fraction of sp³-hybridized carbons (Fsp3) is 0.462. The number of aromatic nitrogens is 2. The van der Waals surface area contributed by atoms with Gasteiger partial charge in [-0.15, -0.1) is 0 Å². The molecule has 0 amide bonds. The summed E-state index contributed by atoms with van der Waals surface area (Å²) in [6, 6.07) is 6.07. The lowest BCUT2D eigenvalue weighted by Crippen LogP contribution is -2.38. The maximum Gasteiger partial charge on any atom is 0.120 e. The summed E-state index contributed by atoms with van der Waals surface area (Å²) in [7, 11) is 1.97. The quantitative estimate of drug-likeness (QED) is 0.819. The van der Waals surface area contributed by atoms with Gasteiger partial charge in [0.2, 0.25) is 0 Å². The normalized spacial score (nSPS) is 26.5. The van der Waals surface area contributed by atoms with E-state index in [9.17, 15) is 4.39 Å². The van der Waals surface area contributed by atoms with Crippen molar-refractivity contribution >= 4 is 10.9 Å². The number of hydrogen-bond donors (Lipinski definition) is 1. The van der Waals surface area contributed by atoms with Crippen LogP contribution < -0.4 is 0 Å². The van der Waals surface area contributed by atoms with Crippen LogP contribution in [0.5, 0.6) is 0 Å². The molecule has 0 unspecified atom stereocenters. The van der Waals surface area contributed by atoms with Gasteiger partial charge in [0.15, 0.2) is 0 Å². The summed E-state index contributed by atoms with van der Waals surface area (Å²) >= 11 is 0. The maximum atomic E-state index is 14.0. The molecular weight excluding hydrogens is 217 g/mol. The zero-order chi connectivity index (χ0) is 11.8. The minimum Gasteiger partial charge on any atom is -0.303 e. The standard InChI is InChI=1S/C13H16FN3/c1-17-5-4-11(12(14)8-17)9-2-3-10-7-15-16-13(10)6-9/h2-3,6-7,11-12H,4-5,8H2,1H3,(H,15,16)/t11-,12-/m1/s1. The zero-order valence-corrected chi connectivity index (χ0v) is 9.86. The van der Waals surface area contributed by atoms with Crippen molar-refractivity contribution in [1.82, 2.24) is 15.1 Å².